The molecule has 1 unspecified atom stereocenters. The highest BCUT2D eigenvalue weighted by Gasteiger charge is 2.36. The highest BCUT2D eigenvalue weighted by molar-refractivity contribution is 6.05. The third kappa shape index (κ3) is 11.2. The Kier molecular flexibility index (Phi) is 15.4. The Morgan fingerprint density at radius 3 is 2.42 bits per heavy atom. The monoisotopic (exact) mass is 694 g/mol. The number of hydrogen-bond donors (Lipinski definition) is 2. The summed E-state index contributed by atoms with van der Waals surface area (Å²) in [5.41, 5.74) is 4.89. The van der Waals surface area contributed by atoms with Crippen LogP contribution in [-0.2, 0) is 39.9 Å². The van der Waals surface area contributed by atoms with Gasteiger partial charge in [-0.25, -0.2) is 4.79 Å². The van der Waals surface area contributed by atoms with E-state index in [1.807, 2.05) is 30.3 Å². The Labute approximate surface area is 293 Å². The lowest BCUT2D eigenvalue weighted by molar-refractivity contribution is -0.177. The smallest absolute Gasteiger partial charge is 0.432 e. The minimum atomic E-state index is -1.16. The SMILES string of the molecule is CC(C)CCOCCNC(=O)CCCc1ccc2c(c1)C(COC(=O)ON1C(=O)CCC1=O)c1cccc(C(=O)CCCOCCCCO)c1-2. The van der Waals surface area contributed by atoms with Gasteiger partial charge in [-0.3, -0.25) is 24.0 Å². The molecular weight excluding hydrogens is 644 g/mol. The maximum absolute atomic E-state index is 13.5. The van der Waals surface area contributed by atoms with E-state index in [0.29, 0.717) is 88.0 Å². The van der Waals surface area contributed by atoms with Crippen molar-refractivity contribution < 1.29 is 48.1 Å². The molecule has 4 rings (SSSR count). The van der Waals surface area contributed by atoms with E-state index in [2.05, 4.69) is 19.2 Å². The highest BCUT2D eigenvalue weighted by atomic mass is 16.8. The third-order valence-corrected chi connectivity index (χ3v) is 8.74. The number of rotatable bonds is 22. The number of fused-ring (bicyclic) bond motifs is 3. The summed E-state index contributed by atoms with van der Waals surface area (Å²) in [7, 11) is 0. The molecule has 2 aromatic rings. The van der Waals surface area contributed by atoms with Crippen LogP contribution < -0.4 is 5.32 Å². The van der Waals surface area contributed by atoms with Crippen LogP contribution in [0.5, 0.6) is 0 Å². The van der Waals surface area contributed by atoms with Gasteiger partial charge in [0.25, 0.3) is 11.8 Å². The average molecular weight is 695 g/mol. The van der Waals surface area contributed by atoms with Crippen molar-refractivity contribution in [2.75, 3.05) is 46.2 Å². The number of imide groups is 1. The molecule has 12 nitrogen and oxygen atoms in total. The first kappa shape index (κ1) is 38.7. The van der Waals surface area contributed by atoms with Crippen LogP contribution in [0.2, 0.25) is 0 Å². The number of unbranched alkanes of at least 4 members (excludes halogenated alkanes) is 1. The number of hydrogen-bond acceptors (Lipinski definition) is 10. The van der Waals surface area contributed by atoms with Crippen molar-refractivity contribution in [2.45, 2.75) is 84.0 Å². The number of aliphatic hydroxyl groups is 1. The molecule has 1 atom stereocenters. The molecule has 0 saturated carbocycles. The summed E-state index contributed by atoms with van der Waals surface area (Å²) in [4.78, 5) is 67.3. The van der Waals surface area contributed by atoms with Crippen LogP contribution >= 0.6 is 0 Å². The van der Waals surface area contributed by atoms with E-state index in [1.54, 1.807) is 6.07 Å². The minimum Gasteiger partial charge on any atom is -0.432 e. The number of benzene rings is 2. The molecular formula is C38H50N2O10. The zero-order valence-corrected chi connectivity index (χ0v) is 29.2. The Hall–Kier alpha value is -4.13. The number of nitrogens with zero attached hydrogens (tertiary/aromatic N) is 1. The van der Waals surface area contributed by atoms with E-state index < -0.39 is 23.9 Å². The largest absolute Gasteiger partial charge is 0.533 e. The number of ketones is 1. The normalized spacial score (nSPS) is 15.0. The molecule has 50 heavy (non-hydrogen) atoms. The number of amides is 3. The molecule has 1 aliphatic carbocycles. The van der Waals surface area contributed by atoms with Crippen molar-refractivity contribution >= 4 is 29.7 Å². The summed E-state index contributed by atoms with van der Waals surface area (Å²) in [6.45, 7) is 6.87. The molecule has 0 aromatic heterocycles. The summed E-state index contributed by atoms with van der Waals surface area (Å²) in [5.74, 6) is -1.13. The number of aliphatic hydroxyl groups excluding tert-OH is 1. The fraction of sp³-hybridized carbons (Fsp3) is 0.553. The molecule has 1 fully saturated rings. The lowest BCUT2D eigenvalue weighted by Gasteiger charge is -2.17. The highest BCUT2D eigenvalue weighted by Crippen LogP contribution is 2.47. The van der Waals surface area contributed by atoms with E-state index in [-0.39, 0.29) is 37.7 Å². The molecule has 0 bridgehead atoms. The van der Waals surface area contributed by atoms with Crippen LogP contribution in [-0.4, -0.2) is 86.0 Å². The van der Waals surface area contributed by atoms with Gasteiger partial charge in [-0.2, -0.15) is 0 Å². The Morgan fingerprint density at radius 1 is 0.900 bits per heavy atom. The number of ether oxygens (including phenoxy) is 3. The lowest BCUT2D eigenvalue weighted by atomic mass is 9.93. The van der Waals surface area contributed by atoms with Gasteiger partial charge in [-0.15, -0.1) is 0 Å². The first-order valence-electron chi connectivity index (χ1n) is 17.7. The van der Waals surface area contributed by atoms with E-state index in [1.165, 1.54) is 0 Å². The molecule has 2 aromatic carbocycles. The summed E-state index contributed by atoms with van der Waals surface area (Å²) in [6.07, 6.45) is 3.68. The summed E-state index contributed by atoms with van der Waals surface area (Å²) < 4.78 is 16.6. The fourth-order valence-electron chi connectivity index (χ4n) is 6.05. The quantitative estimate of drug-likeness (QED) is 0.0720. The maximum atomic E-state index is 13.5. The number of aryl methyl sites for hydroxylation is 1. The van der Waals surface area contributed by atoms with Crippen molar-refractivity contribution in [3.63, 3.8) is 0 Å². The van der Waals surface area contributed by atoms with Crippen molar-refractivity contribution in [3.05, 3.63) is 58.7 Å². The fourth-order valence-corrected chi connectivity index (χ4v) is 6.05. The van der Waals surface area contributed by atoms with Gasteiger partial charge in [-0.1, -0.05) is 55.3 Å². The molecule has 2 aliphatic rings. The van der Waals surface area contributed by atoms with Gasteiger partial charge >= 0.3 is 6.16 Å². The zero-order valence-electron chi connectivity index (χ0n) is 29.2. The number of nitrogens with one attached hydrogen (secondary N) is 1. The Bertz CT molecular complexity index is 1470. The molecule has 1 aliphatic heterocycles. The maximum Gasteiger partial charge on any atom is 0.533 e. The zero-order chi connectivity index (χ0) is 35.9. The van der Waals surface area contributed by atoms with Crippen molar-refractivity contribution in [2.24, 2.45) is 5.92 Å². The van der Waals surface area contributed by atoms with Crippen molar-refractivity contribution in [1.82, 2.24) is 10.4 Å². The van der Waals surface area contributed by atoms with Gasteiger partial charge in [0.15, 0.2) is 5.78 Å². The van der Waals surface area contributed by atoms with E-state index >= 15 is 0 Å². The van der Waals surface area contributed by atoms with Crippen LogP contribution in [0.15, 0.2) is 36.4 Å². The second kappa shape index (κ2) is 19.9. The minimum absolute atomic E-state index is 0.0283. The summed E-state index contributed by atoms with van der Waals surface area (Å²) in [5, 5.41) is 12.3. The predicted octanol–water partition coefficient (Wildman–Crippen LogP) is 5.27. The van der Waals surface area contributed by atoms with Gasteiger partial charge < -0.3 is 24.6 Å². The van der Waals surface area contributed by atoms with Crippen LogP contribution in [0.1, 0.15) is 105 Å². The van der Waals surface area contributed by atoms with Crippen LogP contribution in [0.3, 0.4) is 0 Å². The Balaban J connectivity index is 1.42. The van der Waals surface area contributed by atoms with E-state index in [4.69, 9.17) is 24.2 Å². The Morgan fingerprint density at radius 2 is 1.66 bits per heavy atom. The first-order chi connectivity index (χ1) is 24.2. The van der Waals surface area contributed by atoms with Crippen LogP contribution in [0.4, 0.5) is 4.79 Å². The molecule has 0 spiro atoms. The molecule has 2 N–H and O–H groups in total. The van der Waals surface area contributed by atoms with Crippen molar-refractivity contribution in [1.29, 1.82) is 0 Å². The van der Waals surface area contributed by atoms with Gasteiger partial charge in [0.1, 0.15) is 6.61 Å². The van der Waals surface area contributed by atoms with Crippen LogP contribution in [0.25, 0.3) is 11.1 Å². The molecule has 1 saturated heterocycles. The van der Waals surface area contributed by atoms with Gasteiger partial charge in [0, 0.05) is 70.1 Å². The molecule has 3 amide bonds. The molecule has 1 heterocycles. The molecule has 0 radical (unpaired) electrons. The second-order valence-electron chi connectivity index (χ2n) is 13.0. The van der Waals surface area contributed by atoms with E-state index in [0.717, 1.165) is 40.7 Å². The lowest BCUT2D eigenvalue weighted by Crippen LogP contribution is -2.32. The number of carbonyl (C=O) groups excluding carboxylic acids is 5. The van der Waals surface area contributed by atoms with Gasteiger partial charge in [-0.05, 0) is 72.3 Å². The van der Waals surface area contributed by atoms with E-state index in [9.17, 15) is 24.0 Å². The average Bonchev–Trinajstić information content (AvgIpc) is 3.59. The number of Topliss-reactive ketones (excluding diaryl/α,β-unsaturated/α-hetero) is 1. The topological polar surface area (TPSA) is 158 Å². The first-order valence-corrected chi connectivity index (χ1v) is 17.7. The number of carbonyl (C=O) groups is 5. The second-order valence-corrected chi connectivity index (χ2v) is 13.0. The summed E-state index contributed by atoms with van der Waals surface area (Å²) >= 11 is 0. The van der Waals surface area contributed by atoms with Crippen molar-refractivity contribution in [3.8, 4) is 11.1 Å². The standard InChI is InChI=1S/C38H50N2O10/c1-26(2)17-22-48-23-18-39-34(43)12-5-8-27-13-14-29-31(24-27)32(25-49-38(46)50-40-35(44)15-16-36(40)45)28-9-6-10-30(37(28)29)33(42)11-7-21-47-20-4-3-19-41/h6,9-10,13-14,24,26,32,41H,3-5,7-8,11-12,15-23,25H2,1-2H3,(H,39,43). The summed E-state index contributed by atoms with van der Waals surface area (Å²) in [6, 6.07) is 11.5. The molecule has 12 heteroatoms. The third-order valence-electron chi connectivity index (χ3n) is 8.74. The van der Waals surface area contributed by atoms with Gasteiger partial charge in [0.2, 0.25) is 5.91 Å². The molecule has 272 valence electrons. The predicted molar refractivity (Wildman–Crippen MR) is 184 cm³/mol. The van der Waals surface area contributed by atoms with Gasteiger partial charge in [0.05, 0.1) is 6.61 Å². The number of hydroxylamine groups is 2. The van der Waals surface area contributed by atoms with Crippen LogP contribution in [0, 0.1) is 5.92 Å².